The van der Waals surface area contributed by atoms with Gasteiger partial charge in [0.2, 0.25) is 5.91 Å². The summed E-state index contributed by atoms with van der Waals surface area (Å²) in [5, 5.41) is 11.8. The van der Waals surface area contributed by atoms with Gasteiger partial charge >= 0.3 is 0 Å². The Morgan fingerprint density at radius 1 is 1.21 bits per heavy atom. The highest BCUT2D eigenvalue weighted by Crippen LogP contribution is 2.36. The second-order valence-electron chi connectivity index (χ2n) is 6.02. The molecule has 0 saturated carbocycles. The van der Waals surface area contributed by atoms with Gasteiger partial charge in [-0.15, -0.1) is 0 Å². The van der Waals surface area contributed by atoms with Gasteiger partial charge in [-0.25, -0.2) is 0 Å². The van der Waals surface area contributed by atoms with E-state index < -0.39 is 23.6 Å². The lowest BCUT2D eigenvalue weighted by Crippen LogP contribution is -2.36. The van der Waals surface area contributed by atoms with Crippen LogP contribution >= 0.6 is 35.0 Å². The number of carbonyl (C=O) groups excluding carboxylic acids is 3. The second kappa shape index (κ2) is 8.26. The van der Waals surface area contributed by atoms with E-state index in [-0.39, 0.29) is 20.7 Å². The Kier molecular flexibility index (Phi) is 5.98. The molecule has 144 valence electrons. The Morgan fingerprint density at radius 2 is 1.89 bits per heavy atom. The van der Waals surface area contributed by atoms with Gasteiger partial charge in [-0.1, -0.05) is 35.3 Å². The normalized spacial score (nSPS) is 15.4. The first kappa shape index (κ1) is 20.3. The van der Waals surface area contributed by atoms with Crippen LogP contribution in [0.1, 0.15) is 11.1 Å². The van der Waals surface area contributed by atoms with Gasteiger partial charge in [0.25, 0.3) is 11.1 Å². The van der Waals surface area contributed by atoms with Crippen LogP contribution in [-0.4, -0.2) is 33.6 Å². The number of aryl methyl sites for hydroxylation is 1. The fourth-order valence-corrected chi connectivity index (χ4v) is 3.87. The first-order chi connectivity index (χ1) is 13.2. The fourth-order valence-electron chi connectivity index (χ4n) is 2.52. The number of carbonyl (C=O) groups is 3. The zero-order chi connectivity index (χ0) is 20.4. The van der Waals surface area contributed by atoms with Crippen LogP contribution in [-0.2, 0) is 9.59 Å². The summed E-state index contributed by atoms with van der Waals surface area (Å²) in [7, 11) is 0. The summed E-state index contributed by atoms with van der Waals surface area (Å²) in [6, 6.07) is 10.0. The van der Waals surface area contributed by atoms with Gasteiger partial charge < -0.3 is 10.4 Å². The molecule has 2 N–H and O–H groups in total. The van der Waals surface area contributed by atoms with Gasteiger partial charge in [-0.3, -0.25) is 19.3 Å². The highest BCUT2D eigenvalue weighted by atomic mass is 35.5. The fraction of sp³-hybridized carbons (Fsp3) is 0.105. The van der Waals surface area contributed by atoms with Crippen molar-refractivity contribution < 1.29 is 19.5 Å². The summed E-state index contributed by atoms with van der Waals surface area (Å²) in [6.07, 6.45) is 1.43. The summed E-state index contributed by atoms with van der Waals surface area (Å²) in [5.41, 5.74) is 2.00. The molecule has 0 bridgehead atoms. The molecular weight excluding hydrogens is 423 g/mol. The Balaban J connectivity index is 1.73. The van der Waals surface area contributed by atoms with E-state index in [0.29, 0.717) is 23.0 Å². The SMILES string of the molecule is Cc1cccc(NC(=O)CN2C(=O)S/C(=C/c3cc(Cl)c(O)c(Cl)c3)C2=O)c1. The molecule has 0 atom stereocenters. The predicted octanol–water partition coefficient (Wildman–Crippen LogP) is 4.68. The molecule has 1 heterocycles. The number of imide groups is 1. The van der Waals surface area contributed by atoms with Crippen molar-refractivity contribution in [2.75, 3.05) is 11.9 Å². The van der Waals surface area contributed by atoms with Crippen LogP contribution in [0, 0.1) is 6.92 Å². The van der Waals surface area contributed by atoms with Gasteiger partial charge in [-0.2, -0.15) is 0 Å². The molecule has 0 aromatic heterocycles. The highest BCUT2D eigenvalue weighted by molar-refractivity contribution is 8.18. The van der Waals surface area contributed by atoms with Crippen molar-refractivity contribution in [1.82, 2.24) is 4.90 Å². The Labute approximate surface area is 175 Å². The van der Waals surface area contributed by atoms with Gasteiger partial charge in [-0.05, 0) is 60.2 Å². The zero-order valence-electron chi connectivity index (χ0n) is 14.5. The number of benzene rings is 2. The number of hydrogen-bond donors (Lipinski definition) is 2. The topological polar surface area (TPSA) is 86.7 Å². The molecule has 0 spiro atoms. The van der Waals surface area contributed by atoms with Gasteiger partial charge in [0.1, 0.15) is 6.54 Å². The van der Waals surface area contributed by atoms with Crippen LogP contribution in [0.25, 0.3) is 6.08 Å². The Bertz CT molecular complexity index is 1000. The van der Waals surface area contributed by atoms with Crippen LogP contribution < -0.4 is 5.32 Å². The van der Waals surface area contributed by atoms with Crippen molar-refractivity contribution in [2.24, 2.45) is 0 Å². The van der Waals surface area contributed by atoms with Crippen molar-refractivity contribution in [3.05, 3.63) is 62.5 Å². The van der Waals surface area contributed by atoms with Crippen molar-refractivity contribution in [2.45, 2.75) is 6.92 Å². The van der Waals surface area contributed by atoms with Crippen LogP contribution in [0.15, 0.2) is 41.3 Å². The van der Waals surface area contributed by atoms with Crippen LogP contribution in [0.5, 0.6) is 5.75 Å². The summed E-state index contributed by atoms with van der Waals surface area (Å²) >= 11 is 12.5. The van der Waals surface area contributed by atoms with Crippen LogP contribution in [0.2, 0.25) is 10.0 Å². The predicted molar refractivity (Wildman–Crippen MR) is 111 cm³/mol. The lowest BCUT2D eigenvalue weighted by Gasteiger charge is -2.12. The number of halogens is 2. The van der Waals surface area contributed by atoms with Crippen molar-refractivity contribution in [3.8, 4) is 5.75 Å². The minimum Gasteiger partial charge on any atom is -0.505 e. The summed E-state index contributed by atoms with van der Waals surface area (Å²) < 4.78 is 0. The molecule has 28 heavy (non-hydrogen) atoms. The number of nitrogens with one attached hydrogen (secondary N) is 1. The molecule has 6 nitrogen and oxygen atoms in total. The highest BCUT2D eigenvalue weighted by Gasteiger charge is 2.36. The number of aromatic hydroxyl groups is 1. The number of nitrogens with zero attached hydrogens (tertiary/aromatic N) is 1. The summed E-state index contributed by atoms with van der Waals surface area (Å²) in [4.78, 5) is 37.9. The van der Waals surface area contributed by atoms with E-state index >= 15 is 0 Å². The summed E-state index contributed by atoms with van der Waals surface area (Å²) in [5.74, 6) is -1.33. The molecule has 1 fully saturated rings. The molecule has 0 radical (unpaired) electrons. The van der Waals surface area contributed by atoms with E-state index in [1.54, 1.807) is 18.2 Å². The molecule has 2 aromatic carbocycles. The molecule has 3 rings (SSSR count). The molecule has 1 aliphatic heterocycles. The first-order valence-corrected chi connectivity index (χ1v) is 9.62. The second-order valence-corrected chi connectivity index (χ2v) is 7.83. The van der Waals surface area contributed by atoms with Crippen LogP contribution in [0.4, 0.5) is 10.5 Å². The maximum atomic E-state index is 12.5. The van der Waals surface area contributed by atoms with Crippen LogP contribution in [0.3, 0.4) is 0 Å². The van der Waals surface area contributed by atoms with Gasteiger partial charge in [0.05, 0.1) is 15.0 Å². The number of thioether (sulfide) groups is 1. The van der Waals surface area contributed by atoms with Crippen molar-refractivity contribution in [3.63, 3.8) is 0 Å². The van der Waals surface area contributed by atoms with E-state index in [4.69, 9.17) is 23.2 Å². The standard InChI is InChI=1S/C19H14Cl2N2O4S/c1-10-3-2-4-12(5-10)22-16(24)9-23-18(26)15(28-19(23)27)8-11-6-13(20)17(25)14(21)7-11/h2-8,25H,9H2,1H3,(H,22,24)/b15-8+. The Morgan fingerprint density at radius 3 is 2.54 bits per heavy atom. The zero-order valence-corrected chi connectivity index (χ0v) is 16.9. The molecule has 0 aliphatic carbocycles. The van der Waals surface area contributed by atoms with E-state index in [1.807, 2.05) is 13.0 Å². The minimum absolute atomic E-state index is 0.0236. The third-order valence-electron chi connectivity index (χ3n) is 3.81. The smallest absolute Gasteiger partial charge is 0.294 e. The van der Waals surface area contributed by atoms with Crippen molar-refractivity contribution >= 4 is 63.8 Å². The molecule has 3 amide bonds. The quantitative estimate of drug-likeness (QED) is 0.679. The lowest BCUT2D eigenvalue weighted by molar-refractivity contribution is -0.127. The average Bonchev–Trinajstić information content (AvgIpc) is 2.87. The largest absolute Gasteiger partial charge is 0.505 e. The average molecular weight is 437 g/mol. The first-order valence-electron chi connectivity index (χ1n) is 8.04. The molecule has 1 saturated heterocycles. The van der Waals surface area contributed by atoms with Gasteiger partial charge in [0, 0.05) is 5.69 Å². The Hall–Kier alpha value is -2.48. The number of phenolic OH excluding ortho intramolecular Hbond substituents is 1. The number of hydrogen-bond acceptors (Lipinski definition) is 5. The van der Waals surface area contributed by atoms with E-state index in [2.05, 4.69) is 5.32 Å². The molecule has 1 aliphatic rings. The minimum atomic E-state index is -0.588. The summed E-state index contributed by atoms with van der Waals surface area (Å²) in [6.45, 7) is 1.49. The molecule has 2 aromatic rings. The van der Waals surface area contributed by atoms with Gasteiger partial charge in [0.15, 0.2) is 5.75 Å². The maximum absolute atomic E-state index is 12.5. The number of anilines is 1. The molecule has 0 unspecified atom stereocenters. The number of rotatable bonds is 4. The van der Waals surface area contributed by atoms with E-state index in [0.717, 1.165) is 10.5 Å². The van der Waals surface area contributed by atoms with Crippen molar-refractivity contribution in [1.29, 1.82) is 0 Å². The number of phenols is 1. The van der Waals surface area contributed by atoms with E-state index in [1.165, 1.54) is 18.2 Å². The number of amides is 3. The maximum Gasteiger partial charge on any atom is 0.294 e. The monoisotopic (exact) mass is 436 g/mol. The lowest BCUT2D eigenvalue weighted by atomic mass is 10.2. The third-order valence-corrected chi connectivity index (χ3v) is 5.30. The van der Waals surface area contributed by atoms with E-state index in [9.17, 15) is 19.5 Å². The third kappa shape index (κ3) is 4.49. The molecule has 9 heteroatoms. The molecular formula is C19H14Cl2N2O4S.